The molecule has 0 radical (unpaired) electrons. The lowest BCUT2D eigenvalue weighted by molar-refractivity contribution is 0.329. The second-order valence-electron chi connectivity index (χ2n) is 5.37. The van der Waals surface area contributed by atoms with Gasteiger partial charge in [0.1, 0.15) is 5.82 Å². The predicted octanol–water partition coefficient (Wildman–Crippen LogP) is 2.66. The molecule has 3 rings (SSSR count). The molecule has 2 fully saturated rings. The highest BCUT2D eigenvalue weighted by molar-refractivity contribution is 5.54. The summed E-state index contributed by atoms with van der Waals surface area (Å²) >= 11 is 0. The van der Waals surface area contributed by atoms with Crippen LogP contribution >= 0.6 is 0 Å². The first-order valence-electron chi connectivity index (χ1n) is 6.93. The molecule has 0 amide bonds. The minimum absolute atomic E-state index is 0.549. The zero-order valence-corrected chi connectivity index (χ0v) is 10.9. The van der Waals surface area contributed by atoms with Crippen LogP contribution in [-0.2, 0) is 0 Å². The van der Waals surface area contributed by atoms with Gasteiger partial charge in [0.15, 0.2) is 0 Å². The standard InChI is InChI=1S/C14H21N3O/c1-2-18-14-11(15)7-8-12(17-14)16-13(9-3-4-9)10-5-6-10/h7-10,13H,2-6,15H2,1H3,(H,16,17). The van der Waals surface area contributed by atoms with Crippen molar-refractivity contribution in [2.75, 3.05) is 17.7 Å². The fourth-order valence-electron chi connectivity index (χ4n) is 2.49. The summed E-state index contributed by atoms with van der Waals surface area (Å²) in [5.74, 6) is 3.16. The van der Waals surface area contributed by atoms with E-state index in [1.807, 2.05) is 19.1 Å². The number of hydrogen-bond acceptors (Lipinski definition) is 4. The van der Waals surface area contributed by atoms with Crippen molar-refractivity contribution < 1.29 is 4.74 Å². The van der Waals surface area contributed by atoms with Gasteiger partial charge in [0, 0.05) is 6.04 Å². The molecule has 0 saturated heterocycles. The van der Waals surface area contributed by atoms with E-state index in [0.29, 0.717) is 24.2 Å². The van der Waals surface area contributed by atoms with Crippen molar-refractivity contribution in [3.63, 3.8) is 0 Å². The van der Waals surface area contributed by atoms with Crippen LogP contribution in [0.25, 0.3) is 0 Å². The Labute approximate surface area is 108 Å². The summed E-state index contributed by atoms with van der Waals surface area (Å²) in [6.07, 6.45) is 5.45. The Morgan fingerprint density at radius 1 is 1.33 bits per heavy atom. The first-order chi connectivity index (χ1) is 8.78. The highest BCUT2D eigenvalue weighted by Crippen LogP contribution is 2.45. The summed E-state index contributed by atoms with van der Waals surface area (Å²) in [6, 6.07) is 4.43. The Kier molecular flexibility index (Phi) is 3.02. The van der Waals surface area contributed by atoms with Crippen LogP contribution in [-0.4, -0.2) is 17.6 Å². The molecule has 1 heterocycles. The van der Waals surface area contributed by atoms with E-state index < -0.39 is 0 Å². The van der Waals surface area contributed by atoms with Crippen LogP contribution in [0, 0.1) is 11.8 Å². The molecule has 0 aromatic carbocycles. The van der Waals surface area contributed by atoms with Crippen LogP contribution in [0.3, 0.4) is 0 Å². The third-order valence-corrected chi connectivity index (χ3v) is 3.75. The van der Waals surface area contributed by atoms with E-state index in [-0.39, 0.29) is 0 Å². The van der Waals surface area contributed by atoms with Crippen molar-refractivity contribution in [1.82, 2.24) is 4.98 Å². The normalized spacial score (nSPS) is 19.0. The third-order valence-electron chi connectivity index (χ3n) is 3.75. The van der Waals surface area contributed by atoms with Crippen molar-refractivity contribution in [2.24, 2.45) is 11.8 Å². The average molecular weight is 247 g/mol. The second kappa shape index (κ2) is 4.67. The monoisotopic (exact) mass is 247 g/mol. The molecule has 0 spiro atoms. The maximum atomic E-state index is 5.84. The highest BCUT2D eigenvalue weighted by Gasteiger charge is 2.41. The zero-order valence-electron chi connectivity index (χ0n) is 10.9. The molecule has 98 valence electrons. The quantitative estimate of drug-likeness (QED) is 0.811. The molecule has 2 aliphatic rings. The van der Waals surface area contributed by atoms with Gasteiger partial charge in [-0.05, 0) is 56.6 Å². The van der Waals surface area contributed by atoms with E-state index in [2.05, 4.69) is 10.3 Å². The first-order valence-corrected chi connectivity index (χ1v) is 6.93. The molecule has 2 saturated carbocycles. The van der Waals surface area contributed by atoms with E-state index in [0.717, 1.165) is 17.7 Å². The number of ether oxygens (including phenoxy) is 1. The largest absolute Gasteiger partial charge is 0.476 e. The number of pyridine rings is 1. The Morgan fingerprint density at radius 3 is 2.56 bits per heavy atom. The molecule has 0 unspecified atom stereocenters. The number of hydrogen-bond donors (Lipinski definition) is 2. The Morgan fingerprint density at radius 2 is 2.00 bits per heavy atom. The summed E-state index contributed by atoms with van der Waals surface area (Å²) in [5, 5.41) is 3.58. The highest BCUT2D eigenvalue weighted by atomic mass is 16.5. The van der Waals surface area contributed by atoms with Gasteiger partial charge in [-0.2, -0.15) is 4.98 Å². The van der Waals surface area contributed by atoms with Crippen LogP contribution in [0.15, 0.2) is 12.1 Å². The number of rotatable bonds is 6. The number of nitrogens with one attached hydrogen (secondary N) is 1. The van der Waals surface area contributed by atoms with Crippen molar-refractivity contribution >= 4 is 11.5 Å². The van der Waals surface area contributed by atoms with Gasteiger partial charge in [-0.15, -0.1) is 0 Å². The Hall–Kier alpha value is -1.45. The van der Waals surface area contributed by atoms with Gasteiger partial charge in [-0.1, -0.05) is 0 Å². The van der Waals surface area contributed by atoms with Gasteiger partial charge in [0.2, 0.25) is 5.88 Å². The van der Waals surface area contributed by atoms with Gasteiger partial charge in [0.05, 0.1) is 12.3 Å². The Bertz CT molecular complexity index is 415. The lowest BCUT2D eigenvalue weighted by atomic mass is 10.1. The van der Waals surface area contributed by atoms with Gasteiger partial charge < -0.3 is 15.8 Å². The molecule has 0 bridgehead atoms. The molecule has 18 heavy (non-hydrogen) atoms. The number of nitrogen functional groups attached to an aromatic ring is 1. The van der Waals surface area contributed by atoms with Crippen LogP contribution in [0.2, 0.25) is 0 Å². The van der Waals surface area contributed by atoms with Crippen molar-refractivity contribution in [2.45, 2.75) is 38.6 Å². The minimum Gasteiger partial charge on any atom is -0.476 e. The van der Waals surface area contributed by atoms with Crippen molar-refractivity contribution in [1.29, 1.82) is 0 Å². The number of aromatic nitrogens is 1. The van der Waals surface area contributed by atoms with Crippen LogP contribution in [0.4, 0.5) is 11.5 Å². The lowest BCUT2D eigenvalue weighted by Gasteiger charge is -2.19. The third kappa shape index (κ3) is 2.52. The van der Waals surface area contributed by atoms with Crippen molar-refractivity contribution in [3.05, 3.63) is 12.1 Å². The molecule has 1 aromatic heterocycles. The second-order valence-corrected chi connectivity index (χ2v) is 5.37. The van der Waals surface area contributed by atoms with Crippen molar-refractivity contribution in [3.8, 4) is 5.88 Å². The fraction of sp³-hybridized carbons (Fsp3) is 0.643. The van der Waals surface area contributed by atoms with E-state index in [1.54, 1.807) is 0 Å². The predicted molar refractivity (Wildman–Crippen MR) is 72.7 cm³/mol. The lowest BCUT2D eigenvalue weighted by Crippen LogP contribution is -2.24. The first kappa shape index (κ1) is 11.6. The van der Waals surface area contributed by atoms with Gasteiger partial charge in [-0.25, -0.2) is 0 Å². The topological polar surface area (TPSA) is 60.2 Å². The van der Waals surface area contributed by atoms with Gasteiger partial charge >= 0.3 is 0 Å². The summed E-state index contributed by atoms with van der Waals surface area (Å²) in [4.78, 5) is 4.46. The van der Waals surface area contributed by atoms with Gasteiger partial charge in [-0.3, -0.25) is 0 Å². The Balaban J connectivity index is 1.72. The van der Waals surface area contributed by atoms with E-state index in [4.69, 9.17) is 10.5 Å². The molecular weight excluding hydrogens is 226 g/mol. The SMILES string of the molecule is CCOc1nc(NC(C2CC2)C2CC2)ccc1N. The molecule has 4 heteroatoms. The zero-order chi connectivity index (χ0) is 12.5. The van der Waals surface area contributed by atoms with Gasteiger partial charge in [0.25, 0.3) is 0 Å². The van der Waals surface area contributed by atoms with Crippen LogP contribution < -0.4 is 15.8 Å². The minimum atomic E-state index is 0.549. The summed E-state index contributed by atoms with van der Waals surface area (Å²) in [7, 11) is 0. The summed E-state index contributed by atoms with van der Waals surface area (Å²) in [6.45, 7) is 2.54. The molecule has 4 nitrogen and oxygen atoms in total. The summed E-state index contributed by atoms with van der Waals surface area (Å²) < 4.78 is 5.43. The summed E-state index contributed by atoms with van der Waals surface area (Å²) in [5.41, 5.74) is 6.44. The maximum Gasteiger partial charge on any atom is 0.239 e. The molecule has 0 atom stereocenters. The fourth-order valence-corrected chi connectivity index (χ4v) is 2.49. The maximum absolute atomic E-state index is 5.84. The number of nitrogens with two attached hydrogens (primary N) is 1. The molecule has 3 N–H and O–H groups in total. The average Bonchev–Trinajstić information content (AvgIpc) is 3.24. The smallest absolute Gasteiger partial charge is 0.239 e. The number of anilines is 2. The molecule has 0 aliphatic heterocycles. The number of nitrogens with zero attached hydrogens (tertiary/aromatic N) is 1. The van der Waals surface area contributed by atoms with Crippen LogP contribution in [0.5, 0.6) is 5.88 Å². The molecular formula is C14H21N3O. The van der Waals surface area contributed by atoms with Crippen LogP contribution in [0.1, 0.15) is 32.6 Å². The van der Waals surface area contributed by atoms with E-state index in [9.17, 15) is 0 Å². The van der Waals surface area contributed by atoms with E-state index in [1.165, 1.54) is 25.7 Å². The molecule has 2 aliphatic carbocycles. The van der Waals surface area contributed by atoms with E-state index >= 15 is 0 Å². The molecule has 1 aromatic rings.